The Hall–Kier alpha value is -0.260. The minimum Gasteiger partial charge on any atom is -0.0776 e. The topological polar surface area (TPSA) is 0 Å². The largest absolute Gasteiger partial charge is 0.0776 e. The van der Waals surface area contributed by atoms with Crippen LogP contribution in [0.4, 0.5) is 0 Å². The molecule has 0 nitrogen and oxygen atoms in total. The van der Waals surface area contributed by atoms with Crippen LogP contribution in [0.5, 0.6) is 0 Å². The lowest BCUT2D eigenvalue weighted by atomic mass is 9.74. The van der Waals surface area contributed by atoms with E-state index in [4.69, 9.17) is 0 Å². The molecule has 0 aromatic heterocycles. The van der Waals surface area contributed by atoms with Crippen molar-refractivity contribution >= 4 is 0 Å². The zero-order chi connectivity index (χ0) is 19.0. The van der Waals surface area contributed by atoms with Gasteiger partial charge in [0.05, 0.1) is 0 Å². The molecule has 0 heterocycles. The highest BCUT2D eigenvalue weighted by Crippen LogP contribution is 2.37. The van der Waals surface area contributed by atoms with Gasteiger partial charge < -0.3 is 0 Å². The summed E-state index contributed by atoms with van der Waals surface area (Å²) in [5.74, 6) is 1.97. The van der Waals surface area contributed by atoms with Crippen molar-refractivity contribution in [3.63, 3.8) is 0 Å². The van der Waals surface area contributed by atoms with Crippen molar-refractivity contribution in [2.45, 2.75) is 135 Å². The van der Waals surface area contributed by atoms with Crippen LogP contribution >= 0.6 is 0 Å². The Balaban J connectivity index is -0.000000309. The fourth-order valence-corrected chi connectivity index (χ4v) is 3.15. The van der Waals surface area contributed by atoms with Gasteiger partial charge in [-0.3, -0.25) is 0 Å². The fraction of sp³-hybridized carbons (Fsp3) is 0.923. The van der Waals surface area contributed by atoms with Gasteiger partial charge in [-0.2, -0.15) is 0 Å². The highest BCUT2D eigenvalue weighted by atomic mass is 14.3. The monoisotopic (exact) mass is 368 g/mol. The fourth-order valence-electron chi connectivity index (χ4n) is 3.15. The van der Waals surface area contributed by atoms with Crippen LogP contribution < -0.4 is 0 Å². The first-order valence-corrected chi connectivity index (χ1v) is 10.5. The van der Waals surface area contributed by atoms with E-state index in [2.05, 4.69) is 69.2 Å². The standard InChI is InChI=1S/C10H18.C9H18.C5H12.2CH4/c1-8(2)10-6-4-9(3)5-7-10;1-8-4-6-9(2,3)7-5-8;1-5(2,3)4;;/h9H,4-7H2,1-3H3;8H,4-7H2,1-3H3;1-4H3;2*1H4. The van der Waals surface area contributed by atoms with E-state index in [9.17, 15) is 0 Å². The Labute approximate surface area is 169 Å². The number of hydrogen-bond acceptors (Lipinski definition) is 0. The molecule has 0 amide bonds. The van der Waals surface area contributed by atoms with E-state index in [1.807, 2.05) is 0 Å². The lowest BCUT2D eigenvalue weighted by Crippen LogP contribution is -2.19. The maximum atomic E-state index is 2.39. The molecule has 0 heteroatoms. The molecular formula is C26H56. The van der Waals surface area contributed by atoms with Gasteiger partial charge in [0, 0.05) is 0 Å². The molecule has 2 saturated carbocycles. The first kappa shape index (κ1) is 30.5. The summed E-state index contributed by atoms with van der Waals surface area (Å²) in [7, 11) is 0. The third-order valence-electron chi connectivity index (χ3n) is 5.21. The van der Waals surface area contributed by atoms with Crippen molar-refractivity contribution < 1.29 is 0 Å². The van der Waals surface area contributed by atoms with E-state index in [1.165, 1.54) is 51.4 Å². The molecule has 0 bridgehead atoms. The van der Waals surface area contributed by atoms with Gasteiger partial charge in [-0.1, -0.05) is 94.2 Å². The van der Waals surface area contributed by atoms with Crippen molar-refractivity contribution in [1.82, 2.24) is 0 Å². The first-order valence-electron chi connectivity index (χ1n) is 10.5. The Morgan fingerprint density at radius 1 is 0.769 bits per heavy atom. The van der Waals surface area contributed by atoms with Gasteiger partial charge in [-0.25, -0.2) is 0 Å². The summed E-state index contributed by atoms with van der Waals surface area (Å²) >= 11 is 0. The van der Waals surface area contributed by atoms with E-state index in [0.717, 1.165) is 11.8 Å². The Kier molecular flexibility index (Phi) is 16.2. The molecule has 160 valence electrons. The van der Waals surface area contributed by atoms with E-state index in [-0.39, 0.29) is 14.9 Å². The maximum absolute atomic E-state index is 2.39. The molecule has 0 unspecified atom stereocenters. The second kappa shape index (κ2) is 13.8. The summed E-state index contributed by atoms with van der Waals surface area (Å²) in [5, 5.41) is 0. The highest BCUT2D eigenvalue weighted by molar-refractivity contribution is 5.11. The molecule has 2 rings (SSSR count). The normalized spacial score (nSPS) is 22.4. The molecule has 0 aromatic carbocycles. The predicted octanol–water partition coefficient (Wildman–Crippen LogP) is 10.1. The van der Waals surface area contributed by atoms with Crippen LogP contribution in [0.1, 0.15) is 135 Å². The third-order valence-corrected chi connectivity index (χ3v) is 5.21. The van der Waals surface area contributed by atoms with Crippen molar-refractivity contribution in [2.24, 2.45) is 22.7 Å². The molecule has 2 aliphatic rings. The molecule has 0 saturated heterocycles. The SMILES string of the molecule is C.C.CC(C)(C)C.CC(C)=C1CCC(C)CC1.CC1CCC(C)(C)CC1. The Morgan fingerprint density at radius 2 is 1.08 bits per heavy atom. The lowest BCUT2D eigenvalue weighted by Gasteiger charge is -2.32. The molecule has 0 radical (unpaired) electrons. The van der Waals surface area contributed by atoms with Gasteiger partial charge >= 0.3 is 0 Å². The van der Waals surface area contributed by atoms with Crippen LogP contribution in [0.15, 0.2) is 11.1 Å². The number of rotatable bonds is 0. The summed E-state index contributed by atoms with van der Waals surface area (Å²) in [4.78, 5) is 0. The molecule has 0 spiro atoms. The second-order valence-corrected chi connectivity index (χ2v) is 11.1. The smallest absolute Gasteiger partial charge is 0.0315 e. The van der Waals surface area contributed by atoms with Crippen LogP contribution in [-0.4, -0.2) is 0 Å². The van der Waals surface area contributed by atoms with Gasteiger partial charge in [-0.05, 0) is 75.0 Å². The Morgan fingerprint density at radius 3 is 1.35 bits per heavy atom. The molecular weight excluding hydrogens is 312 g/mol. The quantitative estimate of drug-likeness (QED) is 0.373. The van der Waals surface area contributed by atoms with Crippen LogP contribution in [-0.2, 0) is 0 Å². The Bertz CT molecular complexity index is 334. The van der Waals surface area contributed by atoms with Crippen LogP contribution in [0.3, 0.4) is 0 Å². The van der Waals surface area contributed by atoms with Crippen LogP contribution in [0.2, 0.25) is 0 Å². The van der Waals surface area contributed by atoms with Crippen LogP contribution in [0.25, 0.3) is 0 Å². The van der Waals surface area contributed by atoms with Gasteiger partial charge in [0.15, 0.2) is 0 Å². The minimum atomic E-state index is 0. The summed E-state index contributed by atoms with van der Waals surface area (Å²) < 4.78 is 0. The zero-order valence-electron chi connectivity index (χ0n) is 18.8. The second-order valence-electron chi connectivity index (χ2n) is 11.1. The van der Waals surface area contributed by atoms with Crippen molar-refractivity contribution in [2.75, 3.05) is 0 Å². The highest BCUT2D eigenvalue weighted by Gasteiger charge is 2.24. The number of allylic oxidation sites excluding steroid dienone is 2. The minimum absolute atomic E-state index is 0. The van der Waals surface area contributed by atoms with Gasteiger partial charge in [0.1, 0.15) is 0 Å². The molecule has 0 aliphatic heterocycles. The summed E-state index contributed by atoms with van der Waals surface area (Å²) in [6.45, 7) is 22.7. The molecule has 2 fully saturated rings. The number of hydrogen-bond donors (Lipinski definition) is 0. The summed E-state index contributed by atoms with van der Waals surface area (Å²) in [6.07, 6.45) is 11.3. The van der Waals surface area contributed by atoms with E-state index in [1.54, 1.807) is 11.1 Å². The average molecular weight is 369 g/mol. The average Bonchev–Trinajstić information content (AvgIpc) is 2.42. The molecule has 0 atom stereocenters. The molecule has 0 aromatic rings. The van der Waals surface area contributed by atoms with E-state index < -0.39 is 0 Å². The van der Waals surface area contributed by atoms with Crippen LogP contribution in [0, 0.1) is 22.7 Å². The molecule has 26 heavy (non-hydrogen) atoms. The van der Waals surface area contributed by atoms with Crippen molar-refractivity contribution in [3.8, 4) is 0 Å². The van der Waals surface area contributed by atoms with Gasteiger partial charge in [0.2, 0.25) is 0 Å². The van der Waals surface area contributed by atoms with E-state index in [0.29, 0.717) is 10.8 Å². The molecule has 0 N–H and O–H groups in total. The molecule has 2 aliphatic carbocycles. The van der Waals surface area contributed by atoms with Crippen molar-refractivity contribution in [3.05, 3.63) is 11.1 Å². The van der Waals surface area contributed by atoms with E-state index >= 15 is 0 Å². The first-order chi connectivity index (χ1) is 10.8. The summed E-state index contributed by atoms with van der Waals surface area (Å²) in [5.41, 5.74) is 4.44. The third kappa shape index (κ3) is 18.5. The maximum Gasteiger partial charge on any atom is -0.0315 e. The zero-order valence-corrected chi connectivity index (χ0v) is 18.8. The van der Waals surface area contributed by atoms with Gasteiger partial charge in [-0.15, -0.1) is 0 Å². The lowest BCUT2D eigenvalue weighted by molar-refractivity contribution is 0.201. The summed E-state index contributed by atoms with van der Waals surface area (Å²) in [6, 6.07) is 0. The predicted molar refractivity (Wildman–Crippen MR) is 126 cm³/mol. The van der Waals surface area contributed by atoms with Gasteiger partial charge in [0.25, 0.3) is 0 Å². The van der Waals surface area contributed by atoms with Crippen molar-refractivity contribution in [1.29, 1.82) is 0 Å².